The van der Waals surface area contributed by atoms with E-state index in [1.165, 1.54) is 25.4 Å². The second kappa shape index (κ2) is 7.45. The quantitative estimate of drug-likeness (QED) is 0.564. The van der Waals surface area contributed by atoms with Crippen LogP contribution in [-0.2, 0) is 14.6 Å². The van der Waals surface area contributed by atoms with Crippen LogP contribution in [0.15, 0.2) is 23.2 Å². The molecule has 12 heteroatoms. The number of pyridine rings is 1. The lowest BCUT2D eigenvalue weighted by atomic mass is 10.2. The van der Waals surface area contributed by atoms with Gasteiger partial charge in [-0.25, -0.2) is 13.4 Å². The second-order valence-corrected chi connectivity index (χ2v) is 9.66. The molecule has 0 unspecified atom stereocenters. The van der Waals surface area contributed by atoms with Gasteiger partial charge in [-0.15, -0.1) is 10.2 Å². The number of sulfone groups is 1. The van der Waals surface area contributed by atoms with Gasteiger partial charge < -0.3 is 20.7 Å². The van der Waals surface area contributed by atoms with Crippen molar-refractivity contribution in [3.05, 3.63) is 24.0 Å². The third kappa shape index (κ3) is 4.15. The molecule has 2 aromatic heterocycles. The van der Waals surface area contributed by atoms with E-state index in [1.54, 1.807) is 5.32 Å². The molecular formula is C19H22N6O5S. The van der Waals surface area contributed by atoms with Gasteiger partial charge in [0.15, 0.2) is 21.3 Å². The molecule has 2 fully saturated rings. The zero-order chi connectivity index (χ0) is 24.9. The van der Waals surface area contributed by atoms with Gasteiger partial charge in [-0.3, -0.25) is 9.59 Å². The standard InChI is InChI=1S/C19H22N6O5S/c1-20-18(27)15-12(22-16-13(31(3,28)29)6-10(30-2)9-21-16)7-14(24-25-15)23-17(26)11-8-19(11)4-5-19/h6-7,9,11H,4-5,8H2,1-3H3,(H,20,27)(H2,21,22,23,24,26)/t11-/m1/s1/i1D3. The zero-order valence-corrected chi connectivity index (χ0v) is 17.5. The summed E-state index contributed by atoms with van der Waals surface area (Å²) in [6.45, 7) is -2.80. The second-order valence-electron chi connectivity index (χ2n) is 7.67. The van der Waals surface area contributed by atoms with Crippen LogP contribution >= 0.6 is 0 Å². The first-order valence-electron chi connectivity index (χ1n) is 10.8. The van der Waals surface area contributed by atoms with Crippen molar-refractivity contribution >= 4 is 39.0 Å². The molecule has 0 saturated heterocycles. The SMILES string of the molecule is [2H]C([2H])([2H])NC(=O)c1nnc(NC(=O)[C@H]2CC23CC3)cc1Nc1ncc(OC)cc1S(C)(=O)=O. The summed E-state index contributed by atoms with van der Waals surface area (Å²) in [7, 11) is -2.44. The van der Waals surface area contributed by atoms with Crippen molar-refractivity contribution in [2.45, 2.75) is 24.2 Å². The molecule has 2 aromatic rings. The summed E-state index contributed by atoms with van der Waals surface area (Å²) in [5.74, 6) is -1.38. The monoisotopic (exact) mass is 449 g/mol. The molecule has 1 spiro atoms. The van der Waals surface area contributed by atoms with Crippen molar-refractivity contribution in [2.75, 3.05) is 31.0 Å². The summed E-state index contributed by atoms with van der Waals surface area (Å²) in [4.78, 5) is 28.9. The first kappa shape index (κ1) is 17.4. The van der Waals surface area contributed by atoms with Gasteiger partial charge in [-0.1, -0.05) is 0 Å². The fourth-order valence-corrected chi connectivity index (χ4v) is 4.25. The lowest BCUT2D eigenvalue weighted by Gasteiger charge is -2.14. The number of nitrogens with one attached hydrogen (secondary N) is 3. The largest absolute Gasteiger partial charge is 0.495 e. The Hall–Kier alpha value is -3.28. The molecule has 2 saturated carbocycles. The van der Waals surface area contributed by atoms with E-state index < -0.39 is 28.4 Å². The highest BCUT2D eigenvalue weighted by Crippen LogP contribution is 2.70. The minimum atomic E-state index is -3.79. The summed E-state index contributed by atoms with van der Waals surface area (Å²) in [5, 5.41) is 14.8. The van der Waals surface area contributed by atoms with Gasteiger partial charge >= 0.3 is 0 Å². The number of hydrogen-bond donors (Lipinski definition) is 3. The van der Waals surface area contributed by atoms with Crippen LogP contribution < -0.4 is 20.7 Å². The number of methoxy groups -OCH3 is 1. The number of aromatic nitrogens is 3. The number of ether oxygens (including phenoxy) is 1. The fraction of sp³-hybridized carbons (Fsp3) is 0.421. The van der Waals surface area contributed by atoms with Crippen LogP contribution in [0, 0.1) is 11.3 Å². The maximum Gasteiger partial charge on any atom is 0.273 e. The molecule has 3 N–H and O–H groups in total. The van der Waals surface area contributed by atoms with Crippen LogP contribution in [0.25, 0.3) is 0 Å². The Balaban J connectivity index is 1.69. The van der Waals surface area contributed by atoms with E-state index in [2.05, 4.69) is 25.8 Å². The topological polar surface area (TPSA) is 152 Å². The van der Waals surface area contributed by atoms with Crippen molar-refractivity contribution in [1.82, 2.24) is 20.5 Å². The van der Waals surface area contributed by atoms with Crippen molar-refractivity contribution in [2.24, 2.45) is 11.3 Å². The van der Waals surface area contributed by atoms with E-state index in [1.807, 2.05) is 0 Å². The molecule has 2 amide bonds. The number of nitrogens with zero attached hydrogens (tertiary/aromatic N) is 3. The molecule has 0 aromatic carbocycles. The number of carbonyl (C=O) groups excluding carboxylic acids is 2. The summed E-state index contributed by atoms with van der Waals surface area (Å²) in [6.07, 6.45) is 5.06. The number of rotatable bonds is 7. The van der Waals surface area contributed by atoms with Crippen LogP contribution in [0.2, 0.25) is 0 Å². The Labute approximate surface area is 183 Å². The predicted octanol–water partition coefficient (Wildman–Crippen LogP) is 1.13. The number of amides is 2. The molecule has 2 aliphatic rings. The highest BCUT2D eigenvalue weighted by atomic mass is 32.2. The summed E-state index contributed by atoms with van der Waals surface area (Å²) < 4.78 is 51.4. The van der Waals surface area contributed by atoms with Gasteiger partial charge in [-0.2, -0.15) is 0 Å². The highest BCUT2D eigenvalue weighted by Gasteiger charge is 2.65. The molecule has 11 nitrogen and oxygen atoms in total. The predicted molar refractivity (Wildman–Crippen MR) is 111 cm³/mol. The van der Waals surface area contributed by atoms with E-state index in [0.29, 0.717) is 0 Å². The van der Waals surface area contributed by atoms with Crippen molar-refractivity contribution in [1.29, 1.82) is 0 Å². The molecule has 0 aliphatic heterocycles. The van der Waals surface area contributed by atoms with E-state index in [-0.39, 0.29) is 45.2 Å². The third-order valence-electron chi connectivity index (χ3n) is 5.49. The van der Waals surface area contributed by atoms with Crippen molar-refractivity contribution < 1.29 is 26.9 Å². The minimum absolute atomic E-state index is 0.00931. The minimum Gasteiger partial charge on any atom is -0.495 e. The van der Waals surface area contributed by atoms with E-state index >= 15 is 0 Å². The lowest BCUT2D eigenvalue weighted by Crippen LogP contribution is -2.23. The maximum atomic E-state index is 12.5. The van der Waals surface area contributed by atoms with E-state index in [0.717, 1.165) is 25.5 Å². The van der Waals surface area contributed by atoms with E-state index in [4.69, 9.17) is 8.85 Å². The molecule has 2 aliphatic carbocycles. The molecule has 4 rings (SSSR count). The smallest absolute Gasteiger partial charge is 0.273 e. The highest BCUT2D eigenvalue weighted by molar-refractivity contribution is 7.90. The molecule has 2 heterocycles. The normalized spacial score (nSPS) is 20.1. The molecule has 1 atom stereocenters. The maximum absolute atomic E-state index is 12.5. The Bertz CT molecular complexity index is 1280. The first-order chi connectivity index (χ1) is 15.8. The summed E-state index contributed by atoms with van der Waals surface area (Å²) in [5.41, 5.74) is -0.432. The van der Waals surface area contributed by atoms with Gasteiger partial charge in [0.2, 0.25) is 5.91 Å². The van der Waals surface area contributed by atoms with Gasteiger partial charge in [0.25, 0.3) is 5.91 Å². The van der Waals surface area contributed by atoms with Crippen LogP contribution in [0.1, 0.15) is 33.9 Å². The molecule has 31 heavy (non-hydrogen) atoms. The summed E-state index contributed by atoms with van der Waals surface area (Å²) >= 11 is 0. The number of hydrogen-bond acceptors (Lipinski definition) is 9. The summed E-state index contributed by atoms with van der Waals surface area (Å²) in [6, 6.07) is 2.51. The molecule has 0 bridgehead atoms. The van der Waals surface area contributed by atoms with Crippen LogP contribution in [-0.4, -0.2) is 55.8 Å². The van der Waals surface area contributed by atoms with Gasteiger partial charge in [-0.05, 0) is 24.7 Å². The van der Waals surface area contributed by atoms with Crippen LogP contribution in [0.5, 0.6) is 5.75 Å². The Morgan fingerprint density at radius 3 is 2.68 bits per heavy atom. The fourth-order valence-electron chi connectivity index (χ4n) is 3.46. The molecule has 164 valence electrons. The van der Waals surface area contributed by atoms with Crippen LogP contribution in [0.4, 0.5) is 17.3 Å². The zero-order valence-electron chi connectivity index (χ0n) is 19.7. The van der Waals surface area contributed by atoms with Crippen molar-refractivity contribution in [3.8, 4) is 5.75 Å². The number of anilines is 3. The molecule has 0 radical (unpaired) electrons. The Morgan fingerprint density at radius 1 is 1.29 bits per heavy atom. The molecular weight excluding hydrogens is 424 g/mol. The van der Waals surface area contributed by atoms with Gasteiger partial charge in [0, 0.05) is 35.4 Å². The van der Waals surface area contributed by atoms with Gasteiger partial charge in [0.1, 0.15) is 16.5 Å². The van der Waals surface area contributed by atoms with Gasteiger partial charge in [0.05, 0.1) is 19.0 Å². The lowest BCUT2D eigenvalue weighted by molar-refractivity contribution is -0.117. The Morgan fingerprint density at radius 2 is 2.06 bits per heavy atom. The third-order valence-corrected chi connectivity index (χ3v) is 6.60. The first-order valence-corrected chi connectivity index (χ1v) is 11.2. The van der Waals surface area contributed by atoms with E-state index in [9.17, 15) is 18.0 Å². The Kier molecular flexibility index (Phi) is 4.18. The number of carbonyl (C=O) groups is 2. The van der Waals surface area contributed by atoms with Crippen molar-refractivity contribution in [3.63, 3.8) is 0 Å². The average molecular weight is 450 g/mol. The average Bonchev–Trinajstić information content (AvgIpc) is 3.65. The van der Waals surface area contributed by atoms with Crippen LogP contribution in [0.3, 0.4) is 0 Å².